The minimum absolute atomic E-state index is 0.0407. The Morgan fingerprint density at radius 2 is 2.33 bits per heavy atom. The maximum Gasteiger partial charge on any atom is 0.405 e. The molecule has 15 heavy (non-hydrogen) atoms. The first kappa shape index (κ1) is 9.77. The van der Waals surface area contributed by atoms with E-state index in [1.54, 1.807) is 0 Å². The minimum Gasteiger partial charge on any atom is -0.465 e. The molecular formula is C9H11N3O3. The molecule has 80 valence electrons. The molecule has 2 aliphatic rings. The van der Waals surface area contributed by atoms with Crippen molar-refractivity contribution in [1.29, 1.82) is 5.26 Å². The average Bonchev–Trinajstić information content (AvgIpc) is 2.68. The second-order valence-electron chi connectivity index (χ2n) is 3.86. The van der Waals surface area contributed by atoms with E-state index in [9.17, 15) is 9.59 Å². The third-order valence-corrected chi connectivity index (χ3v) is 3.01. The predicted octanol–water partition coefficient (Wildman–Crippen LogP) is -0.0905. The van der Waals surface area contributed by atoms with Crippen LogP contribution in [0.15, 0.2) is 0 Å². The number of fused-ring (bicyclic) bond motifs is 1. The number of amides is 2. The molecule has 0 saturated carbocycles. The third-order valence-electron chi connectivity index (χ3n) is 3.01. The quantitative estimate of drug-likeness (QED) is 0.631. The summed E-state index contributed by atoms with van der Waals surface area (Å²) in [6.07, 6.45) is 0.792. The van der Waals surface area contributed by atoms with Gasteiger partial charge in [0.05, 0.1) is 6.07 Å². The number of hydrogen-bond acceptors (Lipinski definition) is 3. The number of carboxylic acid groups (broad SMARTS) is 1. The molecule has 2 amide bonds. The molecule has 0 aromatic rings. The van der Waals surface area contributed by atoms with Crippen molar-refractivity contribution in [3.8, 4) is 6.07 Å². The fourth-order valence-corrected chi connectivity index (χ4v) is 2.40. The lowest BCUT2D eigenvalue weighted by molar-refractivity contribution is -0.130. The van der Waals surface area contributed by atoms with E-state index in [1.165, 1.54) is 4.90 Å². The third kappa shape index (κ3) is 1.50. The standard InChI is InChI=1S/C9H11N3O3/c10-4-6-2-1-5-3-7(11-9(14)15)8(13)12(5)6/h5-7,11H,1-3H2,(H,14,15)/t5-,6-,7+/m0/s1. The van der Waals surface area contributed by atoms with Gasteiger partial charge in [-0.2, -0.15) is 5.26 Å². The molecule has 2 heterocycles. The first-order valence-electron chi connectivity index (χ1n) is 4.84. The van der Waals surface area contributed by atoms with E-state index in [-0.39, 0.29) is 18.0 Å². The zero-order valence-corrected chi connectivity index (χ0v) is 8.01. The van der Waals surface area contributed by atoms with E-state index in [2.05, 4.69) is 11.4 Å². The summed E-state index contributed by atoms with van der Waals surface area (Å²) in [4.78, 5) is 23.7. The highest BCUT2D eigenvalue weighted by molar-refractivity contribution is 5.88. The van der Waals surface area contributed by atoms with Crippen LogP contribution in [0.1, 0.15) is 19.3 Å². The van der Waals surface area contributed by atoms with Gasteiger partial charge in [0.15, 0.2) is 0 Å². The summed E-state index contributed by atoms with van der Waals surface area (Å²) >= 11 is 0. The lowest BCUT2D eigenvalue weighted by Crippen LogP contribution is -2.43. The van der Waals surface area contributed by atoms with Gasteiger partial charge in [-0.25, -0.2) is 4.79 Å². The van der Waals surface area contributed by atoms with Crippen molar-refractivity contribution in [1.82, 2.24) is 10.2 Å². The van der Waals surface area contributed by atoms with Crippen LogP contribution >= 0.6 is 0 Å². The molecular weight excluding hydrogens is 198 g/mol. The Morgan fingerprint density at radius 1 is 1.60 bits per heavy atom. The fourth-order valence-electron chi connectivity index (χ4n) is 2.40. The van der Waals surface area contributed by atoms with Gasteiger partial charge in [-0.05, 0) is 19.3 Å². The van der Waals surface area contributed by atoms with Crippen molar-refractivity contribution >= 4 is 12.0 Å². The van der Waals surface area contributed by atoms with Gasteiger partial charge in [-0.1, -0.05) is 0 Å². The molecule has 2 N–H and O–H groups in total. The number of nitriles is 1. The van der Waals surface area contributed by atoms with Crippen LogP contribution in [0.25, 0.3) is 0 Å². The Labute approximate surface area is 86.5 Å². The molecule has 0 spiro atoms. The summed E-state index contributed by atoms with van der Waals surface area (Å²) in [6, 6.07) is 1.07. The topological polar surface area (TPSA) is 93.4 Å². The SMILES string of the molecule is N#C[C@@H]1CC[C@H]2C[C@@H](NC(=O)O)C(=O)N21. The van der Waals surface area contributed by atoms with Crippen LogP contribution in [0.5, 0.6) is 0 Å². The summed E-state index contributed by atoms with van der Waals surface area (Å²) < 4.78 is 0. The number of carbonyl (C=O) groups excluding carboxylic acids is 1. The summed E-state index contributed by atoms with van der Waals surface area (Å²) in [6.45, 7) is 0. The van der Waals surface area contributed by atoms with Crippen LogP contribution in [0.2, 0.25) is 0 Å². The summed E-state index contributed by atoms with van der Waals surface area (Å²) in [7, 11) is 0. The van der Waals surface area contributed by atoms with Gasteiger partial charge in [0.25, 0.3) is 0 Å². The smallest absolute Gasteiger partial charge is 0.405 e. The lowest BCUT2D eigenvalue weighted by Gasteiger charge is -2.18. The zero-order valence-electron chi connectivity index (χ0n) is 8.01. The summed E-state index contributed by atoms with van der Waals surface area (Å²) in [5.74, 6) is -0.258. The van der Waals surface area contributed by atoms with Gasteiger partial charge in [0, 0.05) is 6.04 Å². The number of nitrogens with one attached hydrogen (secondary N) is 1. The fraction of sp³-hybridized carbons (Fsp3) is 0.667. The van der Waals surface area contributed by atoms with Crippen molar-refractivity contribution < 1.29 is 14.7 Å². The normalized spacial score (nSPS) is 33.7. The monoisotopic (exact) mass is 209 g/mol. The van der Waals surface area contributed by atoms with E-state index < -0.39 is 12.1 Å². The van der Waals surface area contributed by atoms with Gasteiger partial charge < -0.3 is 15.3 Å². The highest BCUT2D eigenvalue weighted by Crippen LogP contribution is 2.33. The largest absolute Gasteiger partial charge is 0.465 e. The molecule has 0 aliphatic carbocycles. The maximum absolute atomic E-state index is 11.7. The second-order valence-corrected chi connectivity index (χ2v) is 3.86. The highest BCUT2D eigenvalue weighted by atomic mass is 16.4. The first-order valence-corrected chi connectivity index (χ1v) is 4.84. The number of nitrogens with zero attached hydrogens (tertiary/aromatic N) is 2. The molecule has 0 unspecified atom stereocenters. The van der Waals surface area contributed by atoms with Crippen LogP contribution in [0.3, 0.4) is 0 Å². The Bertz CT molecular complexity index is 349. The molecule has 6 nitrogen and oxygen atoms in total. The number of hydrogen-bond donors (Lipinski definition) is 2. The maximum atomic E-state index is 11.7. The lowest BCUT2D eigenvalue weighted by atomic mass is 10.1. The van der Waals surface area contributed by atoms with Gasteiger partial charge in [-0.3, -0.25) is 4.79 Å². The summed E-state index contributed by atoms with van der Waals surface area (Å²) in [5, 5.41) is 19.5. The molecule has 6 heteroatoms. The molecule has 2 fully saturated rings. The molecule has 3 atom stereocenters. The van der Waals surface area contributed by atoms with Crippen LogP contribution in [-0.4, -0.2) is 40.1 Å². The average molecular weight is 209 g/mol. The number of rotatable bonds is 1. The second kappa shape index (κ2) is 3.42. The van der Waals surface area contributed by atoms with E-state index in [4.69, 9.17) is 10.4 Å². The van der Waals surface area contributed by atoms with E-state index >= 15 is 0 Å². The summed E-state index contributed by atoms with van der Waals surface area (Å²) in [5.41, 5.74) is 0. The Hall–Kier alpha value is -1.77. The molecule has 0 aromatic carbocycles. The number of carbonyl (C=O) groups is 2. The highest BCUT2D eigenvalue weighted by Gasteiger charge is 2.47. The van der Waals surface area contributed by atoms with Crippen molar-refractivity contribution in [2.75, 3.05) is 0 Å². The van der Waals surface area contributed by atoms with Crippen molar-refractivity contribution in [2.45, 2.75) is 37.4 Å². The molecule has 0 bridgehead atoms. The van der Waals surface area contributed by atoms with Crippen molar-refractivity contribution in [3.63, 3.8) is 0 Å². The van der Waals surface area contributed by atoms with E-state index in [0.717, 1.165) is 6.42 Å². The van der Waals surface area contributed by atoms with Crippen LogP contribution in [-0.2, 0) is 4.79 Å². The molecule has 2 rings (SSSR count). The first-order chi connectivity index (χ1) is 7.13. The molecule has 2 aliphatic heterocycles. The van der Waals surface area contributed by atoms with Crippen LogP contribution in [0.4, 0.5) is 4.79 Å². The zero-order chi connectivity index (χ0) is 11.0. The van der Waals surface area contributed by atoms with Gasteiger partial charge in [0.1, 0.15) is 12.1 Å². The minimum atomic E-state index is -1.19. The van der Waals surface area contributed by atoms with E-state index in [1.807, 2.05) is 0 Å². The van der Waals surface area contributed by atoms with Gasteiger partial charge >= 0.3 is 6.09 Å². The van der Waals surface area contributed by atoms with Crippen LogP contribution in [0, 0.1) is 11.3 Å². The Morgan fingerprint density at radius 3 is 2.93 bits per heavy atom. The molecule has 0 aromatic heterocycles. The van der Waals surface area contributed by atoms with Crippen molar-refractivity contribution in [3.05, 3.63) is 0 Å². The Kier molecular flexibility index (Phi) is 2.23. The predicted molar refractivity (Wildman–Crippen MR) is 48.8 cm³/mol. The Balaban J connectivity index is 2.10. The molecule has 2 saturated heterocycles. The van der Waals surface area contributed by atoms with Gasteiger partial charge in [0.2, 0.25) is 5.91 Å². The van der Waals surface area contributed by atoms with E-state index in [0.29, 0.717) is 12.8 Å². The van der Waals surface area contributed by atoms with Crippen LogP contribution < -0.4 is 5.32 Å². The molecule has 0 radical (unpaired) electrons. The van der Waals surface area contributed by atoms with Gasteiger partial charge in [-0.15, -0.1) is 0 Å². The van der Waals surface area contributed by atoms with Crippen molar-refractivity contribution in [2.24, 2.45) is 0 Å².